The lowest BCUT2D eigenvalue weighted by Crippen LogP contribution is -2.34. The Labute approximate surface area is 124 Å². The van der Waals surface area contributed by atoms with Gasteiger partial charge < -0.3 is 5.32 Å². The first-order valence-corrected chi connectivity index (χ1v) is 6.88. The molecule has 2 aromatic rings. The molecule has 2 rings (SSSR count). The lowest BCUT2D eigenvalue weighted by molar-refractivity contribution is 0.238. The molecule has 4 heteroatoms. The fourth-order valence-corrected chi connectivity index (χ4v) is 1.93. The van der Waals surface area contributed by atoms with Crippen LogP contribution in [0, 0.1) is 0 Å². The third-order valence-corrected chi connectivity index (χ3v) is 3.16. The highest BCUT2D eigenvalue weighted by atomic mass is 16.2. The molecule has 2 amide bonds. The van der Waals surface area contributed by atoms with Gasteiger partial charge in [0.1, 0.15) is 0 Å². The molecule has 0 aliphatic heterocycles. The van der Waals surface area contributed by atoms with Gasteiger partial charge in [0.05, 0.1) is 11.8 Å². The fourth-order valence-electron chi connectivity index (χ4n) is 1.93. The van der Waals surface area contributed by atoms with Crippen LogP contribution in [0.5, 0.6) is 0 Å². The van der Waals surface area contributed by atoms with Crippen molar-refractivity contribution in [1.29, 1.82) is 0 Å². The van der Waals surface area contributed by atoms with Crippen molar-refractivity contribution in [3.8, 4) is 0 Å². The van der Waals surface area contributed by atoms with Crippen molar-refractivity contribution in [3.05, 3.63) is 71.8 Å². The van der Waals surface area contributed by atoms with Crippen molar-refractivity contribution in [2.45, 2.75) is 19.9 Å². The Morgan fingerprint density at radius 1 is 1.00 bits per heavy atom. The maximum Gasteiger partial charge on any atom is 0.335 e. The van der Waals surface area contributed by atoms with Gasteiger partial charge in [-0.05, 0) is 25.0 Å². The summed E-state index contributed by atoms with van der Waals surface area (Å²) in [5, 5.41) is 6.94. The van der Waals surface area contributed by atoms with Gasteiger partial charge in [-0.25, -0.2) is 10.2 Å². The van der Waals surface area contributed by atoms with E-state index in [1.807, 2.05) is 74.5 Å². The third kappa shape index (κ3) is 4.45. The minimum Gasteiger partial charge on any atom is -0.330 e. The molecule has 108 valence electrons. The zero-order valence-corrected chi connectivity index (χ0v) is 12.2. The van der Waals surface area contributed by atoms with Crippen molar-refractivity contribution in [2.75, 3.05) is 0 Å². The van der Waals surface area contributed by atoms with E-state index in [1.54, 1.807) is 0 Å². The summed E-state index contributed by atoms with van der Waals surface area (Å²) in [6.45, 7) is 3.79. The summed E-state index contributed by atoms with van der Waals surface area (Å²) in [5.41, 5.74) is 5.31. The van der Waals surface area contributed by atoms with Crippen LogP contribution in [0.25, 0.3) is 0 Å². The molecule has 0 saturated carbocycles. The topological polar surface area (TPSA) is 53.5 Å². The number of hydrazone groups is 1. The maximum absolute atomic E-state index is 11.8. The smallest absolute Gasteiger partial charge is 0.330 e. The van der Waals surface area contributed by atoms with Gasteiger partial charge in [-0.2, -0.15) is 5.10 Å². The normalized spacial score (nSPS) is 12.6. The summed E-state index contributed by atoms with van der Waals surface area (Å²) in [6.07, 6.45) is 0. The zero-order chi connectivity index (χ0) is 15.1. The summed E-state index contributed by atoms with van der Waals surface area (Å²) >= 11 is 0. The van der Waals surface area contributed by atoms with E-state index in [9.17, 15) is 4.79 Å². The Hall–Kier alpha value is -2.62. The number of nitrogens with zero attached hydrogens (tertiary/aromatic N) is 1. The molecule has 2 aromatic carbocycles. The van der Waals surface area contributed by atoms with Gasteiger partial charge in [-0.15, -0.1) is 0 Å². The second kappa shape index (κ2) is 7.24. The van der Waals surface area contributed by atoms with Crippen LogP contribution in [-0.4, -0.2) is 11.7 Å². The molecule has 0 bridgehead atoms. The molecule has 0 aromatic heterocycles. The van der Waals surface area contributed by atoms with Gasteiger partial charge in [0.15, 0.2) is 0 Å². The average molecular weight is 281 g/mol. The molecule has 0 saturated heterocycles. The van der Waals surface area contributed by atoms with Crippen LogP contribution in [0.3, 0.4) is 0 Å². The lowest BCUT2D eigenvalue weighted by Gasteiger charge is -2.13. The summed E-state index contributed by atoms with van der Waals surface area (Å²) in [6, 6.07) is 19.1. The van der Waals surface area contributed by atoms with Crippen LogP contribution in [0.2, 0.25) is 0 Å². The number of hydrogen-bond donors (Lipinski definition) is 2. The van der Waals surface area contributed by atoms with Crippen LogP contribution >= 0.6 is 0 Å². The van der Waals surface area contributed by atoms with Crippen molar-refractivity contribution in [2.24, 2.45) is 5.10 Å². The van der Waals surface area contributed by atoms with E-state index >= 15 is 0 Å². The second-order valence-corrected chi connectivity index (χ2v) is 4.78. The minimum absolute atomic E-state index is 0.0709. The van der Waals surface area contributed by atoms with Crippen LogP contribution in [-0.2, 0) is 0 Å². The van der Waals surface area contributed by atoms with Gasteiger partial charge in [0, 0.05) is 0 Å². The van der Waals surface area contributed by atoms with Crippen molar-refractivity contribution < 1.29 is 4.79 Å². The van der Waals surface area contributed by atoms with E-state index in [0.717, 1.165) is 16.8 Å². The SMILES string of the molecule is C/C(=N/NC(=O)N[C@@H](C)c1ccccc1)c1ccccc1. The summed E-state index contributed by atoms with van der Waals surface area (Å²) in [5.74, 6) is 0. The summed E-state index contributed by atoms with van der Waals surface area (Å²) in [4.78, 5) is 11.8. The molecule has 1 atom stereocenters. The monoisotopic (exact) mass is 281 g/mol. The molecule has 0 aliphatic rings. The average Bonchev–Trinajstić information content (AvgIpc) is 2.54. The molecule has 0 aliphatic carbocycles. The second-order valence-electron chi connectivity index (χ2n) is 4.78. The van der Waals surface area contributed by atoms with E-state index in [0.29, 0.717) is 0 Å². The van der Waals surface area contributed by atoms with Crippen molar-refractivity contribution >= 4 is 11.7 Å². The Balaban J connectivity index is 1.90. The van der Waals surface area contributed by atoms with E-state index in [2.05, 4.69) is 15.8 Å². The molecule has 0 fully saturated rings. The number of carbonyl (C=O) groups excluding carboxylic acids is 1. The highest BCUT2D eigenvalue weighted by Crippen LogP contribution is 2.10. The number of rotatable bonds is 4. The first-order valence-electron chi connectivity index (χ1n) is 6.88. The Kier molecular flexibility index (Phi) is 5.10. The van der Waals surface area contributed by atoms with Crippen LogP contribution in [0.15, 0.2) is 65.8 Å². The lowest BCUT2D eigenvalue weighted by atomic mass is 10.1. The molecule has 0 spiro atoms. The number of hydrogen-bond acceptors (Lipinski definition) is 2. The Bertz CT molecular complexity index is 608. The van der Waals surface area contributed by atoms with Crippen molar-refractivity contribution in [1.82, 2.24) is 10.7 Å². The van der Waals surface area contributed by atoms with Gasteiger partial charge in [0.2, 0.25) is 0 Å². The number of amides is 2. The molecular weight excluding hydrogens is 262 g/mol. The maximum atomic E-state index is 11.8. The first kappa shape index (κ1) is 14.8. The predicted molar refractivity (Wildman–Crippen MR) is 85.2 cm³/mol. The van der Waals surface area contributed by atoms with E-state index < -0.39 is 0 Å². The molecule has 0 radical (unpaired) electrons. The number of carbonyl (C=O) groups is 1. The van der Waals surface area contributed by atoms with E-state index in [4.69, 9.17) is 0 Å². The van der Waals surface area contributed by atoms with Crippen LogP contribution in [0.4, 0.5) is 4.79 Å². The largest absolute Gasteiger partial charge is 0.335 e. The number of nitrogens with one attached hydrogen (secondary N) is 2. The number of benzene rings is 2. The van der Waals surface area contributed by atoms with Gasteiger partial charge in [-0.1, -0.05) is 60.7 Å². The van der Waals surface area contributed by atoms with Gasteiger partial charge in [-0.3, -0.25) is 0 Å². The molecule has 2 N–H and O–H groups in total. The summed E-state index contributed by atoms with van der Waals surface area (Å²) < 4.78 is 0. The first-order chi connectivity index (χ1) is 10.2. The molecule has 4 nitrogen and oxygen atoms in total. The molecule has 0 heterocycles. The third-order valence-electron chi connectivity index (χ3n) is 3.16. The van der Waals surface area contributed by atoms with Crippen LogP contribution in [0.1, 0.15) is 31.0 Å². The van der Waals surface area contributed by atoms with Gasteiger partial charge in [0.25, 0.3) is 0 Å². The highest BCUT2D eigenvalue weighted by molar-refractivity contribution is 5.99. The number of urea groups is 1. The Morgan fingerprint density at radius 3 is 2.19 bits per heavy atom. The van der Waals surface area contributed by atoms with E-state index in [1.165, 1.54) is 0 Å². The quantitative estimate of drug-likeness (QED) is 0.654. The Morgan fingerprint density at radius 2 is 1.57 bits per heavy atom. The predicted octanol–water partition coefficient (Wildman–Crippen LogP) is 3.47. The molecule has 21 heavy (non-hydrogen) atoms. The van der Waals surface area contributed by atoms with E-state index in [-0.39, 0.29) is 12.1 Å². The van der Waals surface area contributed by atoms with Crippen LogP contribution < -0.4 is 10.7 Å². The zero-order valence-electron chi connectivity index (χ0n) is 12.2. The molecular formula is C17H19N3O. The van der Waals surface area contributed by atoms with Gasteiger partial charge >= 0.3 is 6.03 Å². The van der Waals surface area contributed by atoms with Crippen molar-refractivity contribution in [3.63, 3.8) is 0 Å². The fraction of sp³-hybridized carbons (Fsp3) is 0.176. The minimum atomic E-state index is -0.318. The highest BCUT2D eigenvalue weighted by Gasteiger charge is 2.08. The molecule has 0 unspecified atom stereocenters. The summed E-state index contributed by atoms with van der Waals surface area (Å²) in [7, 11) is 0. The standard InChI is InChI=1S/C17H19N3O/c1-13(15-9-5-3-6-10-15)18-17(21)20-19-14(2)16-11-7-4-8-12-16/h3-13H,1-2H3,(H2,18,20,21)/b19-14-/t13-/m0/s1.